The first-order valence-electron chi connectivity index (χ1n) is 4.73. The van der Waals surface area contributed by atoms with Gasteiger partial charge in [0.05, 0.1) is 5.56 Å². The van der Waals surface area contributed by atoms with Gasteiger partial charge in [-0.3, -0.25) is 0 Å². The maximum atomic E-state index is 12.7. The van der Waals surface area contributed by atoms with E-state index in [9.17, 15) is 22.7 Å². The number of hydrogen-bond acceptors (Lipinski definition) is 4. The van der Waals surface area contributed by atoms with Crippen molar-refractivity contribution in [1.29, 1.82) is 0 Å². The van der Waals surface area contributed by atoms with E-state index in [0.29, 0.717) is 0 Å². The fourth-order valence-electron chi connectivity index (χ4n) is 1.30. The Morgan fingerprint density at radius 2 is 2.00 bits per heavy atom. The summed E-state index contributed by atoms with van der Waals surface area (Å²) in [6, 6.07) is 2.95. The zero-order valence-electron chi connectivity index (χ0n) is 8.70. The maximum absolute atomic E-state index is 12.7. The van der Waals surface area contributed by atoms with Crippen molar-refractivity contribution in [3.8, 4) is 17.2 Å². The molecule has 96 valence electrons. The molecule has 8 heteroatoms. The number of aromatic hydroxyl groups is 1. The smallest absolute Gasteiger partial charge is 0.396 e. The van der Waals surface area contributed by atoms with Gasteiger partial charge >= 0.3 is 6.18 Å². The molecule has 0 aliphatic rings. The van der Waals surface area contributed by atoms with E-state index in [0.717, 1.165) is 18.2 Å². The van der Waals surface area contributed by atoms with Crippen molar-refractivity contribution < 1.29 is 27.2 Å². The summed E-state index contributed by atoms with van der Waals surface area (Å²) in [6.45, 7) is 0. The summed E-state index contributed by atoms with van der Waals surface area (Å²) in [4.78, 5) is 3.48. The van der Waals surface area contributed by atoms with Crippen molar-refractivity contribution in [2.75, 3.05) is 0 Å². The first-order chi connectivity index (χ1) is 8.35. The van der Waals surface area contributed by atoms with Crippen LogP contribution in [0.3, 0.4) is 0 Å². The van der Waals surface area contributed by atoms with E-state index in [1.165, 1.54) is 0 Å². The fourth-order valence-corrected chi connectivity index (χ4v) is 1.30. The average molecular weight is 262 g/mol. The second-order valence-corrected chi connectivity index (χ2v) is 3.47. The van der Waals surface area contributed by atoms with Crippen LogP contribution in [0.4, 0.5) is 17.6 Å². The minimum Gasteiger partial charge on any atom is -0.507 e. The number of phenolic OH excluding ortho intramolecular Hbond substituents is 1. The van der Waals surface area contributed by atoms with Crippen molar-refractivity contribution in [2.24, 2.45) is 0 Å². The van der Waals surface area contributed by atoms with Crippen molar-refractivity contribution in [3.05, 3.63) is 29.8 Å². The second kappa shape index (κ2) is 4.28. The SMILES string of the molecule is Oc1cc(F)ccc1-c1nc(CC(F)(F)F)no1. The molecule has 0 aliphatic carbocycles. The van der Waals surface area contributed by atoms with E-state index in [2.05, 4.69) is 14.7 Å². The van der Waals surface area contributed by atoms with E-state index in [1.807, 2.05) is 0 Å². The molecule has 0 saturated carbocycles. The van der Waals surface area contributed by atoms with E-state index in [1.54, 1.807) is 0 Å². The van der Waals surface area contributed by atoms with Crippen LogP contribution in [0.5, 0.6) is 5.75 Å². The molecule has 0 spiro atoms. The third-order valence-corrected chi connectivity index (χ3v) is 2.02. The Bertz CT molecular complexity index is 565. The Hall–Kier alpha value is -2.12. The molecule has 1 aromatic heterocycles. The van der Waals surface area contributed by atoms with Crippen molar-refractivity contribution in [1.82, 2.24) is 10.1 Å². The zero-order valence-corrected chi connectivity index (χ0v) is 8.70. The Morgan fingerprint density at radius 3 is 2.61 bits per heavy atom. The highest BCUT2D eigenvalue weighted by Gasteiger charge is 2.30. The van der Waals surface area contributed by atoms with Gasteiger partial charge in [-0.1, -0.05) is 5.16 Å². The van der Waals surface area contributed by atoms with Gasteiger partial charge in [-0.15, -0.1) is 0 Å². The first-order valence-corrected chi connectivity index (χ1v) is 4.73. The Kier molecular flexibility index (Phi) is 2.93. The summed E-state index contributed by atoms with van der Waals surface area (Å²) in [6.07, 6.45) is -5.79. The third kappa shape index (κ3) is 2.76. The van der Waals surface area contributed by atoms with Crippen LogP contribution in [0.1, 0.15) is 5.82 Å². The number of halogens is 4. The quantitative estimate of drug-likeness (QED) is 0.845. The Morgan fingerprint density at radius 1 is 1.28 bits per heavy atom. The number of phenols is 1. The lowest BCUT2D eigenvalue weighted by Crippen LogP contribution is -2.12. The van der Waals surface area contributed by atoms with Gasteiger partial charge in [0.15, 0.2) is 5.82 Å². The molecule has 1 N–H and O–H groups in total. The minimum absolute atomic E-state index is 0.0303. The van der Waals surface area contributed by atoms with Gasteiger partial charge < -0.3 is 9.63 Å². The fraction of sp³-hybridized carbons (Fsp3) is 0.200. The molecule has 0 amide bonds. The molecule has 0 unspecified atom stereocenters. The highest BCUT2D eigenvalue weighted by Crippen LogP contribution is 2.29. The topological polar surface area (TPSA) is 59.2 Å². The largest absolute Gasteiger partial charge is 0.507 e. The summed E-state index contributed by atoms with van der Waals surface area (Å²) in [7, 11) is 0. The number of nitrogens with zero attached hydrogens (tertiary/aromatic N) is 2. The highest BCUT2D eigenvalue weighted by atomic mass is 19.4. The van der Waals surface area contributed by atoms with Crippen LogP contribution in [-0.2, 0) is 6.42 Å². The van der Waals surface area contributed by atoms with Gasteiger partial charge in [0.2, 0.25) is 0 Å². The molecular formula is C10H6F4N2O2. The van der Waals surface area contributed by atoms with E-state index in [-0.39, 0.29) is 11.5 Å². The summed E-state index contributed by atoms with van der Waals surface area (Å²) in [5.74, 6) is -2.03. The summed E-state index contributed by atoms with van der Waals surface area (Å²) in [5, 5.41) is 12.5. The molecule has 0 saturated heterocycles. The minimum atomic E-state index is -4.45. The second-order valence-electron chi connectivity index (χ2n) is 3.47. The molecule has 1 aromatic carbocycles. The molecule has 18 heavy (non-hydrogen) atoms. The highest BCUT2D eigenvalue weighted by molar-refractivity contribution is 5.61. The Labute approximate surface area is 97.9 Å². The normalized spacial score (nSPS) is 11.8. The first kappa shape index (κ1) is 12.3. The third-order valence-electron chi connectivity index (χ3n) is 2.02. The summed E-state index contributed by atoms with van der Waals surface area (Å²) >= 11 is 0. The van der Waals surface area contributed by atoms with Crippen LogP contribution in [0.2, 0.25) is 0 Å². The maximum Gasteiger partial charge on any atom is 0.396 e. The van der Waals surface area contributed by atoms with Crippen molar-refractivity contribution >= 4 is 0 Å². The van der Waals surface area contributed by atoms with Crippen LogP contribution < -0.4 is 0 Å². The molecule has 2 aromatic rings. The van der Waals surface area contributed by atoms with Crippen LogP contribution in [-0.4, -0.2) is 21.4 Å². The molecule has 0 radical (unpaired) electrons. The lowest BCUT2D eigenvalue weighted by Gasteiger charge is -2.00. The molecule has 1 heterocycles. The molecular weight excluding hydrogens is 256 g/mol. The lowest BCUT2D eigenvalue weighted by atomic mass is 10.2. The Balaban J connectivity index is 2.29. The number of alkyl halides is 3. The van der Waals surface area contributed by atoms with Crippen LogP contribution in [0.25, 0.3) is 11.5 Å². The van der Waals surface area contributed by atoms with Crippen molar-refractivity contribution in [3.63, 3.8) is 0 Å². The predicted molar refractivity (Wildman–Crippen MR) is 51.1 cm³/mol. The van der Waals surface area contributed by atoms with Crippen LogP contribution in [0, 0.1) is 5.82 Å². The average Bonchev–Trinajstić information content (AvgIpc) is 2.63. The monoisotopic (exact) mass is 262 g/mol. The van der Waals surface area contributed by atoms with Gasteiger partial charge in [-0.2, -0.15) is 18.2 Å². The van der Waals surface area contributed by atoms with E-state index in [4.69, 9.17) is 0 Å². The van der Waals surface area contributed by atoms with Gasteiger partial charge in [-0.25, -0.2) is 4.39 Å². The van der Waals surface area contributed by atoms with Crippen molar-refractivity contribution in [2.45, 2.75) is 12.6 Å². The molecule has 0 bridgehead atoms. The summed E-state index contributed by atoms with van der Waals surface area (Å²) < 4.78 is 53.5. The molecule has 0 fully saturated rings. The van der Waals surface area contributed by atoms with Crippen LogP contribution >= 0.6 is 0 Å². The predicted octanol–water partition coefficient (Wildman–Crippen LogP) is 2.69. The van der Waals surface area contributed by atoms with Gasteiger partial charge in [0.25, 0.3) is 5.89 Å². The summed E-state index contributed by atoms with van der Waals surface area (Å²) in [5.41, 5.74) is -0.0303. The number of hydrogen-bond donors (Lipinski definition) is 1. The standard InChI is InChI=1S/C10H6F4N2O2/c11-5-1-2-6(7(17)3-5)9-15-8(16-18-9)4-10(12,13)14/h1-3,17H,4H2. The molecule has 0 aliphatic heterocycles. The number of rotatable bonds is 2. The lowest BCUT2D eigenvalue weighted by molar-refractivity contribution is -0.128. The molecule has 2 rings (SSSR count). The zero-order chi connectivity index (χ0) is 13.3. The van der Waals surface area contributed by atoms with Gasteiger partial charge in [0, 0.05) is 6.07 Å². The van der Waals surface area contributed by atoms with E-state index < -0.39 is 30.0 Å². The number of aromatic nitrogens is 2. The van der Waals surface area contributed by atoms with Gasteiger partial charge in [0.1, 0.15) is 18.0 Å². The van der Waals surface area contributed by atoms with Gasteiger partial charge in [-0.05, 0) is 12.1 Å². The molecule has 0 atom stereocenters. The number of benzene rings is 1. The van der Waals surface area contributed by atoms with Crippen LogP contribution in [0.15, 0.2) is 22.7 Å². The molecule has 4 nitrogen and oxygen atoms in total. The van der Waals surface area contributed by atoms with E-state index >= 15 is 0 Å².